The first-order chi connectivity index (χ1) is 10.4. The van der Waals surface area contributed by atoms with E-state index in [0.717, 1.165) is 25.2 Å². The number of nitrogens with zero attached hydrogens (tertiary/aromatic N) is 1. The Morgan fingerprint density at radius 3 is 2.95 bits per heavy atom. The normalized spacial score (nSPS) is 13.1. The standard InChI is InChI=1S/C18H19N3/c19-11-14-4-1-5-15(10-14)12-20-13-17-7-2-6-16-8-3-9-21-18(16)17/h1-2,4-7,10,20-21H,3,8-9,12-13H2. The number of aryl methyl sites for hydroxylation is 1. The smallest absolute Gasteiger partial charge is 0.0991 e. The molecule has 1 aliphatic heterocycles. The van der Waals surface area contributed by atoms with Crippen molar-refractivity contribution in [2.24, 2.45) is 0 Å². The molecular formula is C18H19N3. The second kappa shape index (κ2) is 6.43. The minimum atomic E-state index is 0.716. The van der Waals surface area contributed by atoms with Gasteiger partial charge in [0.05, 0.1) is 11.6 Å². The summed E-state index contributed by atoms with van der Waals surface area (Å²) in [6.45, 7) is 2.68. The van der Waals surface area contributed by atoms with Crippen molar-refractivity contribution in [3.05, 3.63) is 64.7 Å². The Morgan fingerprint density at radius 2 is 2.05 bits per heavy atom. The molecule has 3 nitrogen and oxygen atoms in total. The second-order valence-electron chi connectivity index (χ2n) is 5.40. The fourth-order valence-electron chi connectivity index (χ4n) is 2.82. The average Bonchev–Trinajstić information content (AvgIpc) is 2.55. The number of fused-ring (bicyclic) bond motifs is 1. The lowest BCUT2D eigenvalue weighted by molar-refractivity contribution is 0.690. The first-order valence-corrected chi connectivity index (χ1v) is 7.41. The third-order valence-corrected chi connectivity index (χ3v) is 3.86. The summed E-state index contributed by atoms with van der Waals surface area (Å²) in [7, 11) is 0. The fourth-order valence-corrected chi connectivity index (χ4v) is 2.82. The number of para-hydroxylation sites is 1. The van der Waals surface area contributed by atoms with Gasteiger partial charge in [0.25, 0.3) is 0 Å². The molecule has 0 aromatic heterocycles. The van der Waals surface area contributed by atoms with E-state index in [-0.39, 0.29) is 0 Å². The molecule has 0 fully saturated rings. The lowest BCUT2D eigenvalue weighted by Crippen LogP contribution is -2.18. The molecule has 0 spiro atoms. The quantitative estimate of drug-likeness (QED) is 0.902. The van der Waals surface area contributed by atoms with E-state index in [1.807, 2.05) is 24.3 Å². The highest BCUT2D eigenvalue weighted by atomic mass is 14.9. The van der Waals surface area contributed by atoms with E-state index in [1.54, 1.807) is 0 Å². The Hall–Kier alpha value is -2.31. The molecule has 0 radical (unpaired) electrons. The summed E-state index contributed by atoms with van der Waals surface area (Å²) in [6, 6.07) is 16.5. The highest BCUT2D eigenvalue weighted by molar-refractivity contribution is 5.59. The Balaban J connectivity index is 1.64. The zero-order valence-corrected chi connectivity index (χ0v) is 12.0. The third kappa shape index (κ3) is 3.24. The van der Waals surface area contributed by atoms with Crippen LogP contribution in [-0.4, -0.2) is 6.54 Å². The van der Waals surface area contributed by atoms with E-state index in [0.29, 0.717) is 5.56 Å². The molecule has 0 saturated carbocycles. The van der Waals surface area contributed by atoms with Crippen molar-refractivity contribution in [3.8, 4) is 6.07 Å². The third-order valence-electron chi connectivity index (χ3n) is 3.86. The fraction of sp³-hybridized carbons (Fsp3) is 0.278. The molecular weight excluding hydrogens is 258 g/mol. The van der Waals surface area contributed by atoms with Crippen molar-refractivity contribution >= 4 is 5.69 Å². The molecule has 2 aromatic rings. The van der Waals surface area contributed by atoms with Crippen LogP contribution in [0, 0.1) is 11.3 Å². The SMILES string of the molecule is N#Cc1cccc(CNCc2cccc3c2NCCC3)c1. The minimum Gasteiger partial charge on any atom is -0.385 e. The molecule has 0 atom stereocenters. The van der Waals surface area contributed by atoms with Crippen molar-refractivity contribution in [2.45, 2.75) is 25.9 Å². The molecule has 0 saturated heterocycles. The summed E-state index contributed by atoms with van der Waals surface area (Å²) in [5.41, 5.74) is 5.91. The summed E-state index contributed by atoms with van der Waals surface area (Å²) < 4.78 is 0. The van der Waals surface area contributed by atoms with E-state index in [9.17, 15) is 0 Å². The number of nitrogens with one attached hydrogen (secondary N) is 2. The number of anilines is 1. The molecule has 3 heteroatoms. The van der Waals surface area contributed by atoms with Gasteiger partial charge in [0.15, 0.2) is 0 Å². The molecule has 0 unspecified atom stereocenters. The Labute approximate surface area is 125 Å². The van der Waals surface area contributed by atoms with Gasteiger partial charge in [-0.25, -0.2) is 0 Å². The number of benzene rings is 2. The number of hydrogen-bond acceptors (Lipinski definition) is 3. The molecule has 2 aromatic carbocycles. The first kappa shape index (κ1) is 13.7. The highest BCUT2D eigenvalue weighted by Crippen LogP contribution is 2.25. The Bertz CT molecular complexity index is 670. The summed E-state index contributed by atoms with van der Waals surface area (Å²) in [5.74, 6) is 0. The van der Waals surface area contributed by atoms with Crippen molar-refractivity contribution in [1.29, 1.82) is 5.26 Å². The Morgan fingerprint density at radius 1 is 1.14 bits per heavy atom. The highest BCUT2D eigenvalue weighted by Gasteiger charge is 2.11. The summed E-state index contributed by atoms with van der Waals surface area (Å²) in [5, 5.41) is 15.9. The van der Waals surface area contributed by atoms with Crippen molar-refractivity contribution in [3.63, 3.8) is 0 Å². The molecule has 106 valence electrons. The zero-order chi connectivity index (χ0) is 14.5. The van der Waals surface area contributed by atoms with Gasteiger partial charge >= 0.3 is 0 Å². The number of rotatable bonds is 4. The lowest BCUT2D eigenvalue weighted by Gasteiger charge is -2.21. The van der Waals surface area contributed by atoms with Gasteiger partial charge < -0.3 is 10.6 Å². The second-order valence-corrected chi connectivity index (χ2v) is 5.40. The van der Waals surface area contributed by atoms with Gasteiger partial charge in [0.1, 0.15) is 0 Å². The van der Waals surface area contributed by atoms with Crippen LogP contribution in [0.5, 0.6) is 0 Å². The summed E-state index contributed by atoms with van der Waals surface area (Å²) in [4.78, 5) is 0. The molecule has 2 N–H and O–H groups in total. The van der Waals surface area contributed by atoms with Crippen LogP contribution >= 0.6 is 0 Å². The van der Waals surface area contributed by atoms with Crippen LogP contribution in [-0.2, 0) is 19.5 Å². The van der Waals surface area contributed by atoms with Crippen LogP contribution in [0.2, 0.25) is 0 Å². The molecule has 3 rings (SSSR count). The predicted molar refractivity (Wildman–Crippen MR) is 85.0 cm³/mol. The summed E-state index contributed by atoms with van der Waals surface area (Å²) >= 11 is 0. The average molecular weight is 277 g/mol. The van der Waals surface area contributed by atoms with Crippen LogP contribution in [0.15, 0.2) is 42.5 Å². The van der Waals surface area contributed by atoms with Crippen LogP contribution in [0.25, 0.3) is 0 Å². The van der Waals surface area contributed by atoms with Crippen LogP contribution in [0.4, 0.5) is 5.69 Å². The van der Waals surface area contributed by atoms with Crippen LogP contribution in [0.1, 0.15) is 28.7 Å². The van der Waals surface area contributed by atoms with E-state index in [2.05, 4.69) is 34.9 Å². The maximum absolute atomic E-state index is 8.92. The predicted octanol–water partition coefficient (Wildman–Crippen LogP) is 3.21. The lowest BCUT2D eigenvalue weighted by atomic mass is 9.99. The van der Waals surface area contributed by atoms with Crippen molar-refractivity contribution in [1.82, 2.24) is 5.32 Å². The Kier molecular flexibility index (Phi) is 4.18. The maximum atomic E-state index is 8.92. The summed E-state index contributed by atoms with van der Waals surface area (Å²) in [6.07, 6.45) is 2.38. The van der Waals surface area contributed by atoms with Gasteiger partial charge in [-0.1, -0.05) is 30.3 Å². The van der Waals surface area contributed by atoms with E-state index < -0.39 is 0 Å². The maximum Gasteiger partial charge on any atom is 0.0991 e. The van der Waals surface area contributed by atoms with Gasteiger partial charge in [0, 0.05) is 25.3 Å². The molecule has 0 bridgehead atoms. The van der Waals surface area contributed by atoms with Gasteiger partial charge in [-0.2, -0.15) is 5.26 Å². The molecule has 1 heterocycles. The van der Waals surface area contributed by atoms with Gasteiger partial charge in [-0.05, 0) is 41.7 Å². The van der Waals surface area contributed by atoms with Gasteiger partial charge in [-0.3, -0.25) is 0 Å². The largest absolute Gasteiger partial charge is 0.385 e. The van der Waals surface area contributed by atoms with Gasteiger partial charge in [0.2, 0.25) is 0 Å². The first-order valence-electron chi connectivity index (χ1n) is 7.41. The monoisotopic (exact) mass is 277 g/mol. The van der Waals surface area contributed by atoms with E-state index in [4.69, 9.17) is 5.26 Å². The number of nitriles is 1. The molecule has 0 aliphatic carbocycles. The van der Waals surface area contributed by atoms with Crippen LogP contribution in [0.3, 0.4) is 0 Å². The number of hydrogen-bond donors (Lipinski definition) is 2. The van der Waals surface area contributed by atoms with Crippen LogP contribution < -0.4 is 10.6 Å². The zero-order valence-electron chi connectivity index (χ0n) is 12.0. The molecule has 1 aliphatic rings. The molecule has 0 amide bonds. The van der Waals surface area contributed by atoms with E-state index >= 15 is 0 Å². The van der Waals surface area contributed by atoms with Gasteiger partial charge in [-0.15, -0.1) is 0 Å². The van der Waals surface area contributed by atoms with Crippen molar-refractivity contribution in [2.75, 3.05) is 11.9 Å². The van der Waals surface area contributed by atoms with E-state index in [1.165, 1.54) is 29.7 Å². The minimum absolute atomic E-state index is 0.716. The van der Waals surface area contributed by atoms with Crippen molar-refractivity contribution < 1.29 is 0 Å². The molecule has 21 heavy (non-hydrogen) atoms. The topological polar surface area (TPSA) is 47.9 Å².